The van der Waals surface area contributed by atoms with Crippen LogP contribution in [0.25, 0.3) is 0 Å². The van der Waals surface area contributed by atoms with Crippen LogP contribution < -0.4 is 5.32 Å². The number of benzene rings is 1. The monoisotopic (exact) mass is 343 g/mol. The van der Waals surface area contributed by atoms with Gasteiger partial charge in [-0.2, -0.15) is 13.2 Å². The maximum atomic E-state index is 11.9. The van der Waals surface area contributed by atoms with Gasteiger partial charge in [0.15, 0.2) is 0 Å². The van der Waals surface area contributed by atoms with Gasteiger partial charge in [-0.1, -0.05) is 17.7 Å². The van der Waals surface area contributed by atoms with E-state index in [1.807, 2.05) is 0 Å². The highest BCUT2D eigenvalue weighted by Gasteiger charge is 2.26. The van der Waals surface area contributed by atoms with E-state index >= 15 is 0 Å². The van der Waals surface area contributed by atoms with Crippen molar-refractivity contribution in [1.82, 2.24) is 5.32 Å². The molecule has 1 N–H and O–H groups in total. The van der Waals surface area contributed by atoms with Crippen LogP contribution in [0.2, 0.25) is 5.02 Å². The standard InChI is InChI=1S/C11H10BrClF3NO/c12-8-4-1-3-7(9(8)13)10(18)17-6-2-5-11(14,15)16/h1,3-4H,2,5-6H2,(H,17,18). The molecule has 18 heavy (non-hydrogen) atoms. The molecule has 7 heteroatoms. The highest BCUT2D eigenvalue weighted by molar-refractivity contribution is 9.10. The Morgan fingerprint density at radius 2 is 2.06 bits per heavy atom. The summed E-state index contributed by atoms with van der Waals surface area (Å²) in [5, 5.41) is 2.64. The van der Waals surface area contributed by atoms with E-state index in [4.69, 9.17) is 11.6 Å². The molecule has 1 aromatic rings. The molecular formula is C11H10BrClF3NO. The molecule has 0 aliphatic carbocycles. The molecule has 1 rings (SSSR count). The SMILES string of the molecule is O=C(NCCCC(F)(F)F)c1cccc(Br)c1Cl. The van der Waals surface area contributed by atoms with Gasteiger partial charge in [0.05, 0.1) is 10.6 Å². The van der Waals surface area contributed by atoms with Gasteiger partial charge in [-0.05, 0) is 34.5 Å². The topological polar surface area (TPSA) is 29.1 Å². The van der Waals surface area contributed by atoms with E-state index in [9.17, 15) is 18.0 Å². The van der Waals surface area contributed by atoms with E-state index in [0.717, 1.165) is 0 Å². The molecule has 1 aromatic carbocycles. The molecule has 0 unspecified atom stereocenters. The predicted molar refractivity (Wildman–Crippen MR) is 66.8 cm³/mol. The Morgan fingerprint density at radius 1 is 1.39 bits per heavy atom. The molecule has 2 nitrogen and oxygen atoms in total. The van der Waals surface area contributed by atoms with Gasteiger partial charge in [0, 0.05) is 17.4 Å². The predicted octanol–water partition coefficient (Wildman–Crippen LogP) is 4.17. The van der Waals surface area contributed by atoms with E-state index < -0.39 is 18.5 Å². The van der Waals surface area contributed by atoms with Crippen LogP contribution in [0.5, 0.6) is 0 Å². The highest BCUT2D eigenvalue weighted by atomic mass is 79.9. The molecule has 0 aromatic heterocycles. The van der Waals surface area contributed by atoms with E-state index in [-0.39, 0.29) is 23.6 Å². The van der Waals surface area contributed by atoms with Crippen LogP contribution in [0.4, 0.5) is 13.2 Å². The van der Waals surface area contributed by atoms with Crippen molar-refractivity contribution in [2.75, 3.05) is 6.54 Å². The summed E-state index contributed by atoms with van der Waals surface area (Å²) in [6.07, 6.45) is -5.27. The second-order valence-electron chi connectivity index (χ2n) is 3.58. The third kappa shape index (κ3) is 4.86. The molecule has 0 saturated heterocycles. The summed E-state index contributed by atoms with van der Waals surface area (Å²) in [7, 11) is 0. The van der Waals surface area contributed by atoms with Crippen molar-refractivity contribution in [3.8, 4) is 0 Å². The molecule has 0 bridgehead atoms. The van der Waals surface area contributed by atoms with Crippen molar-refractivity contribution in [2.45, 2.75) is 19.0 Å². The number of amides is 1. The lowest BCUT2D eigenvalue weighted by atomic mass is 10.2. The number of hydrogen-bond donors (Lipinski definition) is 1. The fourth-order valence-corrected chi connectivity index (χ4v) is 1.84. The van der Waals surface area contributed by atoms with Crippen LogP contribution in [0.3, 0.4) is 0 Å². The number of hydrogen-bond acceptors (Lipinski definition) is 1. The summed E-state index contributed by atoms with van der Waals surface area (Å²) in [6.45, 7) is -0.0405. The van der Waals surface area contributed by atoms with Gasteiger partial charge in [0.1, 0.15) is 0 Å². The summed E-state index contributed by atoms with van der Waals surface area (Å²) in [5.74, 6) is -0.483. The molecule has 1 amide bonds. The van der Waals surface area contributed by atoms with Gasteiger partial charge in [-0.15, -0.1) is 0 Å². The average molecular weight is 345 g/mol. The molecule has 0 radical (unpaired) electrons. The molecule has 0 atom stereocenters. The molecule has 0 aliphatic heterocycles. The molecule has 0 spiro atoms. The van der Waals surface area contributed by atoms with Gasteiger partial charge in [0.25, 0.3) is 5.91 Å². The minimum atomic E-state index is -4.20. The Hall–Kier alpha value is -0.750. The summed E-state index contributed by atoms with van der Waals surface area (Å²) < 4.78 is 36.2. The lowest BCUT2D eigenvalue weighted by Crippen LogP contribution is -2.25. The number of carbonyl (C=O) groups is 1. The van der Waals surface area contributed by atoms with Gasteiger partial charge in [-0.25, -0.2) is 0 Å². The molecule has 100 valence electrons. The fourth-order valence-electron chi connectivity index (χ4n) is 1.27. The second kappa shape index (κ2) is 6.43. The van der Waals surface area contributed by atoms with Gasteiger partial charge in [0.2, 0.25) is 0 Å². The first-order valence-corrected chi connectivity index (χ1v) is 6.27. The van der Waals surface area contributed by atoms with Crippen LogP contribution in [0.15, 0.2) is 22.7 Å². The average Bonchev–Trinajstić information content (AvgIpc) is 2.26. The first-order chi connectivity index (χ1) is 8.31. The summed E-state index contributed by atoms with van der Waals surface area (Å²) >= 11 is 9.05. The number of rotatable bonds is 4. The van der Waals surface area contributed by atoms with Crippen molar-refractivity contribution in [3.63, 3.8) is 0 Å². The lowest BCUT2D eigenvalue weighted by molar-refractivity contribution is -0.135. The summed E-state index contributed by atoms with van der Waals surface area (Å²) in [6, 6.07) is 4.80. The largest absolute Gasteiger partial charge is 0.389 e. The van der Waals surface area contributed by atoms with Crippen molar-refractivity contribution in [1.29, 1.82) is 0 Å². The Morgan fingerprint density at radius 3 is 2.67 bits per heavy atom. The smallest absolute Gasteiger partial charge is 0.352 e. The van der Waals surface area contributed by atoms with Crippen LogP contribution in [-0.2, 0) is 0 Å². The van der Waals surface area contributed by atoms with E-state index in [2.05, 4.69) is 21.2 Å². The highest BCUT2D eigenvalue weighted by Crippen LogP contribution is 2.26. The van der Waals surface area contributed by atoms with E-state index in [0.29, 0.717) is 4.47 Å². The Balaban J connectivity index is 2.49. The fraction of sp³-hybridized carbons (Fsp3) is 0.364. The Kier molecular flexibility index (Phi) is 5.47. The molecule has 0 fully saturated rings. The molecule has 0 saturated carbocycles. The second-order valence-corrected chi connectivity index (χ2v) is 4.81. The van der Waals surface area contributed by atoms with Crippen LogP contribution in [0, 0.1) is 0 Å². The molecule has 0 heterocycles. The normalized spacial score (nSPS) is 11.4. The van der Waals surface area contributed by atoms with Crippen molar-refractivity contribution >= 4 is 33.4 Å². The Labute approximate surface area is 116 Å². The molecule has 0 aliphatic rings. The first kappa shape index (κ1) is 15.3. The number of alkyl halides is 3. The van der Waals surface area contributed by atoms with Gasteiger partial charge in [-0.3, -0.25) is 4.79 Å². The lowest BCUT2D eigenvalue weighted by Gasteiger charge is -2.09. The summed E-state index contributed by atoms with van der Waals surface area (Å²) in [5.41, 5.74) is 0.234. The zero-order valence-corrected chi connectivity index (χ0v) is 11.5. The number of carbonyl (C=O) groups excluding carboxylic acids is 1. The summed E-state index contributed by atoms with van der Waals surface area (Å²) in [4.78, 5) is 11.6. The number of halogens is 5. The van der Waals surface area contributed by atoms with Crippen LogP contribution >= 0.6 is 27.5 Å². The van der Waals surface area contributed by atoms with E-state index in [1.165, 1.54) is 6.07 Å². The number of nitrogens with one attached hydrogen (secondary N) is 1. The van der Waals surface area contributed by atoms with Crippen molar-refractivity contribution in [2.24, 2.45) is 0 Å². The first-order valence-electron chi connectivity index (χ1n) is 5.10. The van der Waals surface area contributed by atoms with Crippen molar-refractivity contribution in [3.05, 3.63) is 33.3 Å². The zero-order chi connectivity index (χ0) is 13.8. The Bertz CT molecular complexity index is 437. The van der Waals surface area contributed by atoms with E-state index in [1.54, 1.807) is 12.1 Å². The quantitative estimate of drug-likeness (QED) is 0.816. The van der Waals surface area contributed by atoms with Crippen LogP contribution in [0.1, 0.15) is 23.2 Å². The maximum Gasteiger partial charge on any atom is 0.389 e. The van der Waals surface area contributed by atoms with Crippen molar-refractivity contribution < 1.29 is 18.0 Å². The minimum Gasteiger partial charge on any atom is -0.352 e. The molecular weight excluding hydrogens is 334 g/mol. The van der Waals surface area contributed by atoms with Gasteiger partial charge < -0.3 is 5.32 Å². The maximum absolute atomic E-state index is 11.9. The third-order valence-electron chi connectivity index (χ3n) is 2.12. The van der Waals surface area contributed by atoms with Crippen LogP contribution in [-0.4, -0.2) is 18.6 Å². The third-order valence-corrected chi connectivity index (χ3v) is 3.42. The van der Waals surface area contributed by atoms with Gasteiger partial charge >= 0.3 is 6.18 Å². The minimum absolute atomic E-state index is 0.0405. The zero-order valence-electron chi connectivity index (χ0n) is 9.15.